The summed E-state index contributed by atoms with van der Waals surface area (Å²) in [7, 11) is 0. The van der Waals surface area contributed by atoms with Gasteiger partial charge in [0.05, 0.1) is 22.4 Å². The third kappa shape index (κ3) is 1.76. The number of para-hydroxylation sites is 3. The van der Waals surface area contributed by atoms with E-state index in [1.54, 1.807) is 0 Å². The lowest BCUT2D eigenvalue weighted by Crippen LogP contribution is -1.95. The molecule has 0 fully saturated rings. The molecule has 2 aromatic heterocycles. The summed E-state index contributed by atoms with van der Waals surface area (Å²) in [6.45, 7) is 1.92. The Morgan fingerprint density at radius 2 is 1.57 bits per heavy atom. The van der Waals surface area contributed by atoms with E-state index in [1.807, 2.05) is 55.5 Å². The molecule has 0 saturated carbocycles. The van der Waals surface area contributed by atoms with Gasteiger partial charge >= 0.3 is 0 Å². The highest BCUT2D eigenvalue weighted by atomic mass is 16.3. The lowest BCUT2D eigenvalue weighted by Gasteiger charge is -2.04. The first-order valence-corrected chi connectivity index (χ1v) is 6.75. The van der Waals surface area contributed by atoms with Crippen LogP contribution in [0.1, 0.15) is 5.69 Å². The van der Waals surface area contributed by atoms with Crippen molar-refractivity contribution in [2.75, 3.05) is 5.73 Å². The van der Waals surface area contributed by atoms with Crippen molar-refractivity contribution in [3.05, 3.63) is 54.2 Å². The van der Waals surface area contributed by atoms with E-state index < -0.39 is 0 Å². The lowest BCUT2D eigenvalue weighted by molar-refractivity contribution is 0.629. The van der Waals surface area contributed by atoms with Crippen LogP contribution < -0.4 is 5.73 Å². The van der Waals surface area contributed by atoms with Gasteiger partial charge in [-0.3, -0.25) is 0 Å². The maximum Gasteiger partial charge on any atom is 0.178 e. The fourth-order valence-electron chi connectivity index (χ4n) is 2.54. The summed E-state index contributed by atoms with van der Waals surface area (Å²) in [4.78, 5) is 9.25. The summed E-state index contributed by atoms with van der Waals surface area (Å²) < 4.78 is 5.89. The Labute approximate surface area is 121 Å². The van der Waals surface area contributed by atoms with Gasteiger partial charge in [-0.15, -0.1) is 0 Å². The molecule has 0 spiro atoms. The zero-order chi connectivity index (χ0) is 14.4. The molecule has 0 atom stereocenters. The molecule has 4 nitrogen and oxygen atoms in total. The Balaban J connectivity index is 2.03. The number of nitrogens with two attached hydrogens (primary N) is 1. The van der Waals surface area contributed by atoms with Crippen molar-refractivity contribution in [2.45, 2.75) is 6.92 Å². The van der Waals surface area contributed by atoms with E-state index in [2.05, 4.69) is 9.97 Å². The molecule has 0 aliphatic rings. The van der Waals surface area contributed by atoms with E-state index >= 15 is 0 Å². The van der Waals surface area contributed by atoms with Gasteiger partial charge in [-0.1, -0.05) is 24.3 Å². The van der Waals surface area contributed by atoms with Crippen LogP contribution in [0.2, 0.25) is 0 Å². The zero-order valence-corrected chi connectivity index (χ0v) is 11.5. The molecular formula is C17H13N3O. The van der Waals surface area contributed by atoms with Gasteiger partial charge in [0.25, 0.3) is 0 Å². The Morgan fingerprint density at radius 1 is 0.905 bits per heavy atom. The fraction of sp³-hybridized carbons (Fsp3) is 0.0588. The molecule has 4 rings (SSSR count). The van der Waals surface area contributed by atoms with Crippen LogP contribution in [0.3, 0.4) is 0 Å². The summed E-state index contributed by atoms with van der Waals surface area (Å²) in [5, 5.41) is 0.904. The maximum atomic E-state index is 6.22. The van der Waals surface area contributed by atoms with Crippen molar-refractivity contribution in [2.24, 2.45) is 0 Å². The summed E-state index contributed by atoms with van der Waals surface area (Å²) >= 11 is 0. The Bertz CT molecular complexity index is 972. The molecule has 2 heterocycles. The smallest absolute Gasteiger partial charge is 0.178 e. The third-order valence-electron chi connectivity index (χ3n) is 3.59. The monoisotopic (exact) mass is 275 g/mol. The molecule has 4 heteroatoms. The maximum absolute atomic E-state index is 6.22. The number of fused-ring (bicyclic) bond motifs is 2. The number of hydrogen-bond donors (Lipinski definition) is 1. The number of anilines is 1. The number of aryl methyl sites for hydroxylation is 1. The molecule has 102 valence electrons. The number of nitrogens with zero attached hydrogens (tertiary/aromatic N) is 2. The fourth-order valence-corrected chi connectivity index (χ4v) is 2.54. The second-order valence-electron chi connectivity index (χ2n) is 4.99. The van der Waals surface area contributed by atoms with E-state index in [4.69, 9.17) is 10.2 Å². The average Bonchev–Trinajstić information content (AvgIpc) is 2.84. The number of nitrogen functional groups attached to an aromatic ring is 1. The summed E-state index contributed by atoms with van der Waals surface area (Å²) in [5.41, 5.74) is 10.8. The van der Waals surface area contributed by atoms with Crippen LogP contribution >= 0.6 is 0 Å². The van der Waals surface area contributed by atoms with E-state index in [0.717, 1.165) is 27.7 Å². The molecule has 2 N–H and O–H groups in total. The minimum absolute atomic E-state index is 0.590. The molecular weight excluding hydrogens is 262 g/mol. The van der Waals surface area contributed by atoms with Crippen LogP contribution in [0.5, 0.6) is 0 Å². The van der Waals surface area contributed by atoms with Gasteiger partial charge in [-0.25, -0.2) is 9.97 Å². The molecule has 0 unspecified atom stereocenters. The van der Waals surface area contributed by atoms with Crippen LogP contribution in [0, 0.1) is 6.92 Å². The predicted octanol–water partition coefficient (Wildman–Crippen LogP) is 3.93. The summed E-state index contributed by atoms with van der Waals surface area (Å²) in [6, 6.07) is 15.5. The first-order chi connectivity index (χ1) is 10.2. The van der Waals surface area contributed by atoms with Gasteiger partial charge in [0.2, 0.25) is 0 Å². The number of benzene rings is 2. The molecule has 0 aliphatic carbocycles. The van der Waals surface area contributed by atoms with Crippen molar-refractivity contribution < 1.29 is 4.42 Å². The molecule has 2 aromatic carbocycles. The average molecular weight is 275 g/mol. The van der Waals surface area contributed by atoms with Gasteiger partial charge in [0.15, 0.2) is 5.76 Å². The second-order valence-corrected chi connectivity index (χ2v) is 4.99. The molecule has 0 radical (unpaired) electrons. The highest BCUT2D eigenvalue weighted by molar-refractivity contribution is 5.97. The van der Waals surface area contributed by atoms with E-state index in [0.29, 0.717) is 17.1 Å². The van der Waals surface area contributed by atoms with Crippen LogP contribution in [-0.2, 0) is 0 Å². The van der Waals surface area contributed by atoms with Gasteiger partial charge in [0.1, 0.15) is 11.3 Å². The van der Waals surface area contributed by atoms with Crippen LogP contribution in [0.4, 0.5) is 5.69 Å². The molecule has 21 heavy (non-hydrogen) atoms. The molecule has 0 saturated heterocycles. The highest BCUT2D eigenvalue weighted by Gasteiger charge is 2.17. The van der Waals surface area contributed by atoms with Crippen molar-refractivity contribution in [1.82, 2.24) is 9.97 Å². The SMILES string of the molecule is Cc1nc2ccccc2nc1-c1oc2ccccc2c1N. The van der Waals surface area contributed by atoms with Gasteiger partial charge < -0.3 is 10.2 Å². The number of hydrogen-bond acceptors (Lipinski definition) is 4. The number of furan rings is 1. The number of rotatable bonds is 1. The predicted molar refractivity (Wildman–Crippen MR) is 83.9 cm³/mol. The first-order valence-electron chi connectivity index (χ1n) is 6.75. The summed E-state index contributed by atoms with van der Waals surface area (Å²) in [6.07, 6.45) is 0. The lowest BCUT2D eigenvalue weighted by atomic mass is 10.1. The van der Waals surface area contributed by atoms with Crippen molar-refractivity contribution in [3.63, 3.8) is 0 Å². The zero-order valence-electron chi connectivity index (χ0n) is 11.5. The standard InChI is InChI=1S/C17H13N3O/c1-10-16(20-13-8-4-3-7-12(13)19-10)17-15(18)11-6-2-5-9-14(11)21-17/h2-9H,18H2,1H3. The normalized spacial score (nSPS) is 11.3. The van der Waals surface area contributed by atoms with Crippen LogP contribution in [0.15, 0.2) is 52.9 Å². The van der Waals surface area contributed by atoms with Gasteiger partial charge in [-0.05, 0) is 31.2 Å². The van der Waals surface area contributed by atoms with E-state index in [1.165, 1.54) is 0 Å². The topological polar surface area (TPSA) is 64.9 Å². The van der Waals surface area contributed by atoms with Crippen molar-refractivity contribution in [3.8, 4) is 11.5 Å². The van der Waals surface area contributed by atoms with Crippen LogP contribution in [-0.4, -0.2) is 9.97 Å². The van der Waals surface area contributed by atoms with Gasteiger partial charge in [0, 0.05) is 5.39 Å². The van der Waals surface area contributed by atoms with E-state index in [-0.39, 0.29) is 0 Å². The Kier molecular flexibility index (Phi) is 2.44. The molecule has 4 aromatic rings. The molecule has 0 amide bonds. The van der Waals surface area contributed by atoms with Crippen molar-refractivity contribution >= 4 is 27.7 Å². The third-order valence-corrected chi connectivity index (χ3v) is 3.59. The highest BCUT2D eigenvalue weighted by Crippen LogP contribution is 2.36. The van der Waals surface area contributed by atoms with Gasteiger partial charge in [-0.2, -0.15) is 0 Å². The second kappa shape index (κ2) is 4.31. The van der Waals surface area contributed by atoms with Crippen molar-refractivity contribution in [1.29, 1.82) is 0 Å². The Hall–Kier alpha value is -2.88. The first kappa shape index (κ1) is 11.9. The minimum Gasteiger partial charge on any atom is -0.452 e. The van der Waals surface area contributed by atoms with Crippen LogP contribution in [0.25, 0.3) is 33.5 Å². The molecule has 0 aliphatic heterocycles. The number of aromatic nitrogens is 2. The largest absolute Gasteiger partial charge is 0.452 e. The quantitative estimate of drug-likeness (QED) is 0.571. The summed E-state index contributed by atoms with van der Waals surface area (Å²) in [5.74, 6) is 0.590. The molecule has 0 bridgehead atoms. The Morgan fingerprint density at radius 3 is 2.33 bits per heavy atom. The minimum atomic E-state index is 0.590. The van der Waals surface area contributed by atoms with E-state index in [9.17, 15) is 0 Å².